The molecule has 1 aliphatic heterocycles. The number of rotatable bonds is 3. The third-order valence-corrected chi connectivity index (χ3v) is 4.70. The first kappa shape index (κ1) is 14.8. The van der Waals surface area contributed by atoms with E-state index in [1.165, 1.54) is 0 Å². The van der Waals surface area contributed by atoms with E-state index < -0.39 is 0 Å². The minimum absolute atomic E-state index is 0.0626. The first-order valence-corrected chi connectivity index (χ1v) is 8.15. The van der Waals surface area contributed by atoms with Gasteiger partial charge < -0.3 is 14.6 Å². The van der Waals surface area contributed by atoms with E-state index in [9.17, 15) is 4.79 Å². The summed E-state index contributed by atoms with van der Waals surface area (Å²) in [5.74, 6) is 0.893. The van der Waals surface area contributed by atoms with Crippen LogP contribution in [0.2, 0.25) is 0 Å². The highest BCUT2D eigenvalue weighted by Crippen LogP contribution is 2.34. The molecule has 2 aromatic heterocycles. The highest BCUT2D eigenvalue weighted by Gasteiger charge is 2.31. The molecule has 122 valence electrons. The van der Waals surface area contributed by atoms with Gasteiger partial charge in [-0.1, -0.05) is 12.1 Å². The van der Waals surface area contributed by atoms with Gasteiger partial charge in [0.1, 0.15) is 11.4 Å². The highest BCUT2D eigenvalue weighted by atomic mass is 16.5. The van der Waals surface area contributed by atoms with Crippen molar-refractivity contribution in [1.82, 2.24) is 14.9 Å². The van der Waals surface area contributed by atoms with E-state index in [0.29, 0.717) is 5.56 Å². The smallest absolute Gasteiger partial charge is 0.256 e. The lowest BCUT2D eigenvalue weighted by molar-refractivity contribution is 0.0737. The second kappa shape index (κ2) is 6.00. The molecule has 1 saturated heterocycles. The molecule has 1 fully saturated rings. The van der Waals surface area contributed by atoms with Crippen LogP contribution in [-0.2, 0) is 0 Å². The molecule has 1 atom stereocenters. The fourth-order valence-electron chi connectivity index (χ4n) is 3.47. The van der Waals surface area contributed by atoms with Gasteiger partial charge in [-0.15, -0.1) is 0 Å². The van der Waals surface area contributed by atoms with Gasteiger partial charge in [-0.25, -0.2) is 4.98 Å². The number of carbonyl (C=O) groups is 1. The van der Waals surface area contributed by atoms with Gasteiger partial charge in [0.15, 0.2) is 0 Å². The van der Waals surface area contributed by atoms with Crippen molar-refractivity contribution in [2.24, 2.45) is 0 Å². The number of fused-ring (bicyclic) bond motifs is 1. The van der Waals surface area contributed by atoms with E-state index in [1.807, 2.05) is 41.3 Å². The van der Waals surface area contributed by atoms with E-state index in [-0.39, 0.29) is 11.9 Å². The Morgan fingerprint density at radius 3 is 2.92 bits per heavy atom. The van der Waals surface area contributed by atoms with Gasteiger partial charge in [0.25, 0.3) is 5.91 Å². The molecule has 5 nitrogen and oxygen atoms in total. The normalized spacial score (nSPS) is 17.4. The van der Waals surface area contributed by atoms with Crippen LogP contribution in [0.1, 0.15) is 34.8 Å². The Morgan fingerprint density at radius 1 is 1.29 bits per heavy atom. The van der Waals surface area contributed by atoms with Gasteiger partial charge in [0.2, 0.25) is 0 Å². The molecule has 0 bridgehead atoms. The van der Waals surface area contributed by atoms with Crippen molar-refractivity contribution in [3.05, 3.63) is 59.9 Å². The number of nitrogens with zero attached hydrogens (tertiary/aromatic N) is 2. The summed E-state index contributed by atoms with van der Waals surface area (Å²) in [6, 6.07) is 11.9. The number of benzene rings is 1. The molecule has 0 saturated carbocycles. The zero-order valence-corrected chi connectivity index (χ0v) is 13.5. The molecule has 3 heterocycles. The van der Waals surface area contributed by atoms with Crippen molar-refractivity contribution in [2.75, 3.05) is 13.7 Å². The Labute approximate surface area is 140 Å². The van der Waals surface area contributed by atoms with Gasteiger partial charge in [-0.05, 0) is 42.7 Å². The van der Waals surface area contributed by atoms with E-state index in [2.05, 4.69) is 9.97 Å². The number of hydrogen-bond acceptors (Lipinski definition) is 3. The Kier molecular flexibility index (Phi) is 3.69. The van der Waals surface area contributed by atoms with E-state index in [1.54, 1.807) is 19.5 Å². The summed E-state index contributed by atoms with van der Waals surface area (Å²) in [6.45, 7) is 0.780. The summed E-state index contributed by atoms with van der Waals surface area (Å²) < 4.78 is 5.22. The van der Waals surface area contributed by atoms with Crippen molar-refractivity contribution in [1.29, 1.82) is 0 Å². The lowest BCUT2D eigenvalue weighted by Crippen LogP contribution is -2.30. The van der Waals surface area contributed by atoms with Crippen molar-refractivity contribution < 1.29 is 9.53 Å². The van der Waals surface area contributed by atoms with Gasteiger partial charge in [-0.3, -0.25) is 4.79 Å². The standard InChI is InChI=1S/C19H19N3O2/c1-24-14-8-6-13(7-9-14)17-5-3-11-22(17)19(23)16-12-21-18-15(16)4-2-10-20-18/h2,4,6-10,12,17H,3,5,11H2,1H3,(H,20,21)/t17-/m0/s1. The predicted octanol–water partition coefficient (Wildman–Crippen LogP) is 3.55. The molecule has 0 aliphatic carbocycles. The number of pyridine rings is 1. The molecule has 0 unspecified atom stereocenters. The molecule has 1 amide bonds. The Balaban J connectivity index is 1.65. The molecular weight excluding hydrogens is 302 g/mol. The van der Waals surface area contributed by atoms with Crippen LogP contribution in [0.4, 0.5) is 0 Å². The molecule has 0 spiro atoms. The minimum atomic E-state index is 0.0626. The zero-order chi connectivity index (χ0) is 16.5. The Hall–Kier alpha value is -2.82. The quantitative estimate of drug-likeness (QED) is 0.802. The van der Waals surface area contributed by atoms with Crippen LogP contribution >= 0.6 is 0 Å². The van der Waals surface area contributed by atoms with Gasteiger partial charge in [0.05, 0.1) is 18.7 Å². The monoisotopic (exact) mass is 321 g/mol. The van der Waals surface area contributed by atoms with Crippen LogP contribution in [0, 0.1) is 0 Å². The molecule has 24 heavy (non-hydrogen) atoms. The second-order valence-electron chi connectivity index (χ2n) is 6.03. The van der Waals surface area contributed by atoms with Crippen molar-refractivity contribution in [3.8, 4) is 5.75 Å². The molecule has 1 aliphatic rings. The molecular formula is C19H19N3O2. The van der Waals surface area contributed by atoms with Crippen molar-refractivity contribution in [2.45, 2.75) is 18.9 Å². The largest absolute Gasteiger partial charge is 0.497 e. The topological polar surface area (TPSA) is 58.2 Å². The average Bonchev–Trinajstić information content (AvgIpc) is 3.28. The van der Waals surface area contributed by atoms with Gasteiger partial charge in [-0.2, -0.15) is 0 Å². The number of H-pyrrole nitrogens is 1. The van der Waals surface area contributed by atoms with E-state index in [0.717, 1.165) is 41.7 Å². The number of methoxy groups -OCH3 is 1. The zero-order valence-electron chi connectivity index (χ0n) is 13.5. The van der Waals surface area contributed by atoms with E-state index in [4.69, 9.17) is 4.74 Å². The number of aromatic amines is 1. The number of ether oxygens (including phenoxy) is 1. The van der Waals surface area contributed by atoms with Crippen LogP contribution in [0.5, 0.6) is 5.75 Å². The Bertz CT molecular complexity index is 870. The van der Waals surface area contributed by atoms with Gasteiger partial charge in [0, 0.05) is 24.3 Å². The lowest BCUT2D eigenvalue weighted by Gasteiger charge is -2.25. The third kappa shape index (κ3) is 2.42. The summed E-state index contributed by atoms with van der Waals surface area (Å²) in [6.07, 6.45) is 5.49. The maximum Gasteiger partial charge on any atom is 0.256 e. The number of carbonyl (C=O) groups excluding carboxylic acids is 1. The highest BCUT2D eigenvalue weighted by molar-refractivity contribution is 6.06. The van der Waals surface area contributed by atoms with Crippen LogP contribution in [-0.4, -0.2) is 34.4 Å². The first-order chi connectivity index (χ1) is 11.8. The van der Waals surface area contributed by atoms with Crippen molar-refractivity contribution >= 4 is 16.9 Å². The SMILES string of the molecule is COc1ccc([C@@H]2CCCN2C(=O)c2c[nH]c3ncccc23)cc1. The lowest BCUT2D eigenvalue weighted by atomic mass is 10.0. The van der Waals surface area contributed by atoms with Crippen LogP contribution in [0.25, 0.3) is 11.0 Å². The molecule has 4 rings (SSSR count). The summed E-state index contributed by atoms with van der Waals surface area (Å²) in [7, 11) is 1.66. The number of aromatic nitrogens is 2. The summed E-state index contributed by atoms with van der Waals surface area (Å²) in [5.41, 5.74) is 2.60. The van der Waals surface area contributed by atoms with E-state index >= 15 is 0 Å². The third-order valence-electron chi connectivity index (χ3n) is 4.70. The van der Waals surface area contributed by atoms with Crippen LogP contribution in [0.3, 0.4) is 0 Å². The summed E-state index contributed by atoms with van der Waals surface area (Å²) in [4.78, 5) is 22.4. The molecule has 1 aromatic carbocycles. The average molecular weight is 321 g/mol. The Morgan fingerprint density at radius 2 is 2.12 bits per heavy atom. The minimum Gasteiger partial charge on any atom is -0.497 e. The van der Waals surface area contributed by atoms with Crippen LogP contribution in [0.15, 0.2) is 48.8 Å². The number of hydrogen-bond donors (Lipinski definition) is 1. The first-order valence-electron chi connectivity index (χ1n) is 8.15. The molecule has 5 heteroatoms. The maximum absolute atomic E-state index is 13.1. The fraction of sp³-hybridized carbons (Fsp3) is 0.263. The molecule has 1 N–H and O–H groups in total. The van der Waals surface area contributed by atoms with Crippen molar-refractivity contribution in [3.63, 3.8) is 0 Å². The number of likely N-dealkylation sites (tertiary alicyclic amines) is 1. The summed E-state index contributed by atoms with van der Waals surface area (Å²) >= 11 is 0. The van der Waals surface area contributed by atoms with Gasteiger partial charge >= 0.3 is 0 Å². The van der Waals surface area contributed by atoms with Crippen LogP contribution < -0.4 is 4.74 Å². The summed E-state index contributed by atoms with van der Waals surface area (Å²) in [5, 5.41) is 0.878. The number of nitrogens with one attached hydrogen (secondary N) is 1. The second-order valence-corrected chi connectivity index (χ2v) is 6.03. The predicted molar refractivity (Wildman–Crippen MR) is 92.1 cm³/mol. The fourth-order valence-corrected chi connectivity index (χ4v) is 3.47. The maximum atomic E-state index is 13.1. The number of amides is 1. The molecule has 0 radical (unpaired) electrons. The molecule has 3 aromatic rings.